The van der Waals surface area contributed by atoms with E-state index >= 15 is 0 Å². The number of rotatable bonds is 6. The highest BCUT2D eigenvalue weighted by molar-refractivity contribution is 6.16. The fraction of sp³-hybridized carbons (Fsp3) is 0.0588. The first kappa shape index (κ1) is 31.1. The first-order valence-electron chi connectivity index (χ1n) is 18.4. The van der Waals surface area contributed by atoms with Crippen molar-refractivity contribution in [2.24, 2.45) is 0 Å². The first-order chi connectivity index (χ1) is 26.1. The van der Waals surface area contributed by atoms with Crippen LogP contribution in [0, 0.1) is 0 Å². The zero-order valence-electron chi connectivity index (χ0n) is 29.8. The van der Waals surface area contributed by atoms with Crippen LogP contribution < -0.4 is 4.90 Å². The lowest BCUT2D eigenvalue weighted by atomic mass is 9.81. The minimum absolute atomic E-state index is 0.169. The van der Waals surface area contributed by atoms with E-state index in [1.54, 1.807) is 0 Å². The quantitative estimate of drug-likeness (QED) is 0.174. The lowest BCUT2D eigenvalue weighted by molar-refractivity contribution is 0.660. The molecule has 0 aliphatic heterocycles. The summed E-state index contributed by atoms with van der Waals surface area (Å²) in [6, 6.07) is 67.8. The van der Waals surface area contributed by atoms with E-state index in [-0.39, 0.29) is 5.41 Å². The van der Waals surface area contributed by atoms with Gasteiger partial charge in [0.15, 0.2) is 0 Å². The molecule has 1 aliphatic carbocycles. The molecule has 8 aromatic carbocycles. The summed E-state index contributed by atoms with van der Waals surface area (Å²) < 4.78 is 6.65. The molecule has 0 bridgehead atoms. The van der Waals surface area contributed by atoms with Crippen LogP contribution in [0.3, 0.4) is 0 Å². The Morgan fingerprint density at radius 2 is 1.04 bits per heavy atom. The van der Waals surface area contributed by atoms with Crippen LogP contribution in [0.5, 0.6) is 0 Å². The van der Waals surface area contributed by atoms with Gasteiger partial charge in [0, 0.05) is 27.6 Å². The van der Waals surface area contributed by atoms with Crippen LogP contribution in [-0.4, -0.2) is 0 Å². The van der Waals surface area contributed by atoms with Crippen molar-refractivity contribution >= 4 is 39.0 Å². The fourth-order valence-corrected chi connectivity index (χ4v) is 8.49. The molecule has 1 aromatic heterocycles. The lowest BCUT2D eigenvalue weighted by Crippen LogP contribution is -2.16. The Kier molecular flexibility index (Phi) is 7.19. The SMILES string of the molecule is CC1(C)c2ccccc2-c2c1ccc(-c1ccccc1)c2N(c1ccc(-c2ccccc2)cc1)c1cccc2oc3ccc(-c4ccccc4)cc3c12. The summed E-state index contributed by atoms with van der Waals surface area (Å²) in [5.74, 6) is 0. The number of nitrogens with zero attached hydrogens (tertiary/aromatic N) is 1. The van der Waals surface area contributed by atoms with Crippen LogP contribution in [0.25, 0.3) is 66.4 Å². The van der Waals surface area contributed by atoms with E-state index in [0.29, 0.717) is 0 Å². The van der Waals surface area contributed by atoms with Crippen LogP contribution in [0.4, 0.5) is 17.1 Å². The lowest BCUT2D eigenvalue weighted by Gasteiger charge is -2.32. The van der Waals surface area contributed by atoms with Gasteiger partial charge in [-0.05, 0) is 80.9 Å². The van der Waals surface area contributed by atoms with Gasteiger partial charge in [-0.1, -0.05) is 166 Å². The predicted molar refractivity (Wildman–Crippen MR) is 222 cm³/mol. The van der Waals surface area contributed by atoms with Crippen molar-refractivity contribution in [1.82, 2.24) is 0 Å². The van der Waals surface area contributed by atoms with Crippen LogP contribution in [0.2, 0.25) is 0 Å². The second-order valence-corrected chi connectivity index (χ2v) is 14.5. The second kappa shape index (κ2) is 12.3. The number of hydrogen-bond acceptors (Lipinski definition) is 2. The van der Waals surface area contributed by atoms with Gasteiger partial charge in [-0.15, -0.1) is 0 Å². The van der Waals surface area contributed by atoms with Gasteiger partial charge < -0.3 is 9.32 Å². The normalized spacial score (nSPS) is 12.9. The molecule has 0 N–H and O–H groups in total. The Morgan fingerprint density at radius 1 is 0.434 bits per heavy atom. The molecule has 1 aliphatic rings. The Hall–Kier alpha value is -6.64. The van der Waals surface area contributed by atoms with Crippen molar-refractivity contribution in [2.45, 2.75) is 19.3 Å². The van der Waals surface area contributed by atoms with Gasteiger partial charge in [0.2, 0.25) is 0 Å². The standard InChI is InChI=1S/C51H37NO/c1-51(2)43-22-13-12-21-41(43)48-44(51)31-30-40(37-19-10-5-11-20-37)50(48)52(39-28-25-36(26-29-39)34-15-6-3-7-16-34)45-23-14-24-47-49(45)42-33-38(27-32-46(42)53-47)35-17-8-4-9-18-35/h3-33H,1-2H3. The molecule has 53 heavy (non-hydrogen) atoms. The van der Waals surface area contributed by atoms with Crippen LogP contribution in [0.1, 0.15) is 25.0 Å². The van der Waals surface area contributed by atoms with Crippen LogP contribution in [0.15, 0.2) is 192 Å². The van der Waals surface area contributed by atoms with E-state index in [0.717, 1.165) is 38.9 Å². The van der Waals surface area contributed by atoms with Gasteiger partial charge in [0.1, 0.15) is 11.2 Å². The summed E-state index contributed by atoms with van der Waals surface area (Å²) in [6.07, 6.45) is 0. The monoisotopic (exact) mass is 679 g/mol. The van der Waals surface area contributed by atoms with Crippen molar-refractivity contribution in [3.63, 3.8) is 0 Å². The van der Waals surface area contributed by atoms with E-state index in [1.165, 1.54) is 55.8 Å². The first-order valence-corrected chi connectivity index (χ1v) is 18.4. The van der Waals surface area contributed by atoms with Crippen molar-refractivity contribution in [3.05, 3.63) is 199 Å². The summed E-state index contributed by atoms with van der Waals surface area (Å²) in [6.45, 7) is 4.72. The highest BCUT2D eigenvalue weighted by Crippen LogP contribution is 2.57. The van der Waals surface area contributed by atoms with E-state index in [9.17, 15) is 0 Å². The molecule has 9 aromatic rings. The molecular formula is C51H37NO. The highest BCUT2D eigenvalue weighted by Gasteiger charge is 2.39. The van der Waals surface area contributed by atoms with E-state index < -0.39 is 0 Å². The molecule has 252 valence electrons. The van der Waals surface area contributed by atoms with E-state index in [2.05, 4.69) is 207 Å². The molecule has 10 rings (SSSR count). The Balaban J connectivity index is 1.31. The number of anilines is 3. The third-order valence-corrected chi connectivity index (χ3v) is 11.1. The molecular weight excluding hydrogens is 643 g/mol. The smallest absolute Gasteiger partial charge is 0.137 e. The number of hydrogen-bond donors (Lipinski definition) is 0. The molecule has 0 saturated carbocycles. The molecule has 0 amide bonds. The Morgan fingerprint density at radius 3 is 1.75 bits per heavy atom. The minimum Gasteiger partial charge on any atom is -0.456 e. The third kappa shape index (κ3) is 5.02. The predicted octanol–water partition coefficient (Wildman–Crippen LogP) is 14.4. The number of benzene rings is 8. The van der Waals surface area contributed by atoms with Crippen molar-refractivity contribution in [2.75, 3.05) is 4.90 Å². The van der Waals surface area contributed by atoms with Gasteiger partial charge in [-0.2, -0.15) is 0 Å². The average Bonchev–Trinajstić information content (AvgIpc) is 3.71. The molecule has 2 heteroatoms. The summed E-state index contributed by atoms with van der Waals surface area (Å²) in [4.78, 5) is 2.50. The van der Waals surface area contributed by atoms with Crippen LogP contribution in [-0.2, 0) is 5.41 Å². The zero-order valence-corrected chi connectivity index (χ0v) is 29.8. The largest absolute Gasteiger partial charge is 0.456 e. The Labute approximate surface area is 310 Å². The van der Waals surface area contributed by atoms with Gasteiger partial charge in [0.05, 0.1) is 16.8 Å². The summed E-state index contributed by atoms with van der Waals surface area (Å²) in [5, 5.41) is 2.19. The second-order valence-electron chi connectivity index (χ2n) is 14.5. The van der Waals surface area contributed by atoms with Gasteiger partial charge in [-0.25, -0.2) is 0 Å². The molecule has 2 nitrogen and oxygen atoms in total. The van der Waals surface area contributed by atoms with Gasteiger partial charge in [0.25, 0.3) is 0 Å². The molecule has 0 spiro atoms. The molecule has 0 fully saturated rings. The Bertz CT molecular complexity index is 2780. The summed E-state index contributed by atoms with van der Waals surface area (Å²) in [5.41, 5.74) is 17.2. The summed E-state index contributed by atoms with van der Waals surface area (Å²) in [7, 11) is 0. The number of fused-ring (bicyclic) bond motifs is 6. The van der Waals surface area contributed by atoms with Gasteiger partial charge >= 0.3 is 0 Å². The van der Waals surface area contributed by atoms with E-state index in [4.69, 9.17) is 4.42 Å². The molecule has 0 radical (unpaired) electrons. The molecule has 0 atom stereocenters. The van der Waals surface area contributed by atoms with Gasteiger partial charge in [-0.3, -0.25) is 0 Å². The van der Waals surface area contributed by atoms with E-state index in [1.807, 2.05) is 0 Å². The topological polar surface area (TPSA) is 16.4 Å². The minimum atomic E-state index is -0.169. The van der Waals surface area contributed by atoms with Crippen molar-refractivity contribution in [3.8, 4) is 44.5 Å². The average molecular weight is 680 g/mol. The maximum atomic E-state index is 6.65. The molecule has 0 saturated heterocycles. The van der Waals surface area contributed by atoms with Crippen molar-refractivity contribution in [1.29, 1.82) is 0 Å². The maximum absolute atomic E-state index is 6.65. The molecule has 0 unspecified atom stereocenters. The fourth-order valence-electron chi connectivity index (χ4n) is 8.49. The number of furan rings is 1. The molecule has 1 heterocycles. The maximum Gasteiger partial charge on any atom is 0.137 e. The third-order valence-electron chi connectivity index (χ3n) is 11.1. The highest BCUT2D eigenvalue weighted by atomic mass is 16.3. The van der Waals surface area contributed by atoms with Crippen molar-refractivity contribution < 1.29 is 4.42 Å². The summed E-state index contributed by atoms with van der Waals surface area (Å²) >= 11 is 0. The zero-order chi connectivity index (χ0) is 35.5. The van der Waals surface area contributed by atoms with Crippen LogP contribution >= 0.6 is 0 Å².